The minimum absolute atomic E-state index is 0.512. The van der Waals surface area contributed by atoms with Crippen LogP contribution in [0.15, 0.2) is 18.2 Å². The Morgan fingerprint density at radius 2 is 2.05 bits per heavy atom. The van der Waals surface area contributed by atoms with E-state index in [1.807, 2.05) is 18.2 Å². The molecule has 1 aliphatic carbocycles. The van der Waals surface area contributed by atoms with E-state index < -0.39 is 0 Å². The Morgan fingerprint density at radius 1 is 1.30 bits per heavy atom. The Balaban J connectivity index is 1.97. The molecule has 20 heavy (non-hydrogen) atoms. The average Bonchev–Trinajstić information content (AvgIpc) is 2.48. The van der Waals surface area contributed by atoms with Gasteiger partial charge in [0.15, 0.2) is 0 Å². The van der Waals surface area contributed by atoms with Gasteiger partial charge in [0.25, 0.3) is 0 Å². The third-order valence-electron chi connectivity index (χ3n) is 4.23. The summed E-state index contributed by atoms with van der Waals surface area (Å²) in [6, 6.07) is 6.52. The smallest absolute Gasteiger partial charge is 0.144 e. The van der Waals surface area contributed by atoms with Crippen LogP contribution in [0.3, 0.4) is 0 Å². The van der Waals surface area contributed by atoms with Gasteiger partial charge in [-0.1, -0.05) is 26.2 Å². The summed E-state index contributed by atoms with van der Waals surface area (Å²) in [5, 5.41) is 3.62. The van der Waals surface area contributed by atoms with E-state index in [9.17, 15) is 0 Å². The minimum Gasteiger partial charge on any atom is -0.491 e. The minimum atomic E-state index is 0.512. The number of hydrogen-bond donors (Lipinski definition) is 2. The first kappa shape index (κ1) is 15.0. The van der Waals surface area contributed by atoms with Crippen molar-refractivity contribution in [1.82, 2.24) is 0 Å². The predicted octanol–water partition coefficient (Wildman–Crippen LogP) is 4.44. The molecule has 1 unspecified atom stereocenters. The molecule has 1 aromatic carbocycles. The summed E-state index contributed by atoms with van der Waals surface area (Å²) in [7, 11) is 0. The molecular weight excluding hydrogens is 248 g/mol. The van der Waals surface area contributed by atoms with Gasteiger partial charge >= 0.3 is 0 Å². The second-order valence-electron chi connectivity index (χ2n) is 5.93. The van der Waals surface area contributed by atoms with E-state index in [-0.39, 0.29) is 0 Å². The summed E-state index contributed by atoms with van der Waals surface area (Å²) in [4.78, 5) is 0. The highest BCUT2D eigenvalue weighted by atomic mass is 16.5. The van der Waals surface area contributed by atoms with Crippen molar-refractivity contribution in [3.8, 4) is 5.75 Å². The third kappa shape index (κ3) is 4.06. The van der Waals surface area contributed by atoms with Crippen LogP contribution in [-0.4, -0.2) is 12.6 Å². The van der Waals surface area contributed by atoms with Gasteiger partial charge in [-0.25, -0.2) is 0 Å². The van der Waals surface area contributed by atoms with Crippen molar-refractivity contribution >= 4 is 11.4 Å². The highest BCUT2D eigenvalue weighted by Gasteiger charge is 2.20. The van der Waals surface area contributed by atoms with E-state index in [2.05, 4.69) is 19.2 Å². The maximum Gasteiger partial charge on any atom is 0.144 e. The average molecular weight is 276 g/mol. The highest BCUT2D eigenvalue weighted by Crippen LogP contribution is 2.30. The van der Waals surface area contributed by atoms with Crippen LogP contribution in [0.1, 0.15) is 52.4 Å². The molecule has 112 valence electrons. The van der Waals surface area contributed by atoms with E-state index >= 15 is 0 Å². The van der Waals surface area contributed by atoms with Gasteiger partial charge in [-0.3, -0.25) is 0 Å². The second-order valence-corrected chi connectivity index (χ2v) is 5.93. The van der Waals surface area contributed by atoms with Gasteiger partial charge in [-0.15, -0.1) is 0 Å². The van der Waals surface area contributed by atoms with Crippen molar-refractivity contribution in [2.24, 2.45) is 5.92 Å². The Bertz CT molecular complexity index is 413. The number of hydrogen-bond acceptors (Lipinski definition) is 3. The summed E-state index contributed by atoms with van der Waals surface area (Å²) in [6.45, 7) is 5.11. The number of benzene rings is 1. The molecule has 0 bridgehead atoms. The summed E-state index contributed by atoms with van der Waals surface area (Å²) < 4.78 is 5.69. The van der Waals surface area contributed by atoms with Crippen molar-refractivity contribution in [1.29, 1.82) is 0 Å². The van der Waals surface area contributed by atoms with Crippen LogP contribution in [0.2, 0.25) is 0 Å². The highest BCUT2D eigenvalue weighted by molar-refractivity contribution is 5.61. The van der Waals surface area contributed by atoms with Crippen molar-refractivity contribution in [2.45, 2.75) is 58.4 Å². The summed E-state index contributed by atoms with van der Waals surface area (Å²) in [6.07, 6.45) is 7.85. The molecule has 3 heteroatoms. The first-order chi connectivity index (χ1) is 9.70. The van der Waals surface area contributed by atoms with E-state index in [0.717, 1.165) is 23.8 Å². The van der Waals surface area contributed by atoms with Crippen LogP contribution < -0.4 is 15.8 Å². The molecule has 0 radical (unpaired) electrons. The number of anilines is 2. The molecule has 1 aromatic rings. The number of nitrogen functional groups attached to an aromatic ring is 1. The molecule has 3 nitrogen and oxygen atoms in total. The molecule has 0 aliphatic heterocycles. The van der Waals surface area contributed by atoms with Crippen LogP contribution >= 0.6 is 0 Å². The van der Waals surface area contributed by atoms with E-state index in [4.69, 9.17) is 10.5 Å². The third-order valence-corrected chi connectivity index (χ3v) is 4.23. The lowest BCUT2D eigenvalue weighted by Gasteiger charge is -2.29. The van der Waals surface area contributed by atoms with E-state index in [1.54, 1.807) is 0 Å². The zero-order chi connectivity index (χ0) is 14.4. The maximum absolute atomic E-state index is 5.95. The van der Waals surface area contributed by atoms with Gasteiger partial charge < -0.3 is 15.8 Å². The molecule has 0 saturated heterocycles. The predicted molar refractivity (Wildman–Crippen MR) is 86.3 cm³/mol. The van der Waals surface area contributed by atoms with E-state index in [0.29, 0.717) is 18.3 Å². The molecule has 1 saturated carbocycles. The first-order valence-corrected chi connectivity index (χ1v) is 7.99. The monoisotopic (exact) mass is 276 g/mol. The topological polar surface area (TPSA) is 47.3 Å². The molecule has 1 atom stereocenters. The Kier molecular flexibility index (Phi) is 5.57. The summed E-state index contributed by atoms with van der Waals surface area (Å²) in [5.41, 5.74) is 7.78. The molecule has 0 aromatic heterocycles. The summed E-state index contributed by atoms with van der Waals surface area (Å²) in [5.74, 6) is 1.59. The Hall–Kier alpha value is -1.38. The standard InChI is InChI=1S/C17H28N2O/c1-3-11-20-17-12-15(9-10-16(17)18)19-13(2)14-7-5-4-6-8-14/h9-10,12-14,19H,3-8,11,18H2,1-2H3. The SMILES string of the molecule is CCCOc1cc(NC(C)C2CCCCC2)ccc1N. The molecular formula is C17H28N2O. The van der Waals surface area contributed by atoms with Gasteiger partial charge in [-0.05, 0) is 44.2 Å². The summed E-state index contributed by atoms with van der Waals surface area (Å²) >= 11 is 0. The largest absolute Gasteiger partial charge is 0.491 e. The molecule has 2 rings (SSSR count). The van der Waals surface area contributed by atoms with Gasteiger partial charge in [0.2, 0.25) is 0 Å². The van der Waals surface area contributed by atoms with Crippen molar-refractivity contribution < 1.29 is 4.74 Å². The molecule has 0 heterocycles. The molecule has 1 fully saturated rings. The van der Waals surface area contributed by atoms with Gasteiger partial charge in [0.1, 0.15) is 5.75 Å². The van der Waals surface area contributed by atoms with Crippen molar-refractivity contribution in [3.63, 3.8) is 0 Å². The zero-order valence-electron chi connectivity index (χ0n) is 12.8. The zero-order valence-corrected chi connectivity index (χ0v) is 12.8. The Labute approximate surface area is 122 Å². The lowest BCUT2D eigenvalue weighted by Crippen LogP contribution is -2.27. The van der Waals surface area contributed by atoms with Crippen LogP contribution in [0.5, 0.6) is 5.75 Å². The number of ether oxygens (including phenoxy) is 1. The quantitative estimate of drug-likeness (QED) is 0.755. The van der Waals surface area contributed by atoms with Crippen LogP contribution in [-0.2, 0) is 0 Å². The van der Waals surface area contributed by atoms with Crippen LogP contribution in [0, 0.1) is 5.92 Å². The molecule has 3 N–H and O–H groups in total. The molecule has 0 spiro atoms. The number of nitrogens with one attached hydrogen (secondary N) is 1. The van der Waals surface area contributed by atoms with Crippen LogP contribution in [0.4, 0.5) is 11.4 Å². The van der Waals surface area contributed by atoms with Crippen molar-refractivity contribution in [3.05, 3.63) is 18.2 Å². The van der Waals surface area contributed by atoms with Gasteiger partial charge in [0.05, 0.1) is 12.3 Å². The van der Waals surface area contributed by atoms with Gasteiger partial charge in [0, 0.05) is 17.8 Å². The Morgan fingerprint density at radius 3 is 2.75 bits per heavy atom. The van der Waals surface area contributed by atoms with Crippen LogP contribution in [0.25, 0.3) is 0 Å². The maximum atomic E-state index is 5.95. The second kappa shape index (κ2) is 7.41. The fraction of sp³-hybridized carbons (Fsp3) is 0.647. The first-order valence-electron chi connectivity index (χ1n) is 7.99. The fourth-order valence-corrected chi connectivity index (χ4v) is 2.98. The van der Waals surface area contributed by atoms with Crippen molar-refractivity contribution in [2.75, 3.05) is 17.7 Å². The number of nitrogens with two attached hydrogens (primary N) is 1. The molecule has 0 amide bonds. The van der Waals surface area contributed by atoms with Gasteiger partial charge in [-0.2, -0.15) is 0 Å². The lowest BCUT2D eigenvalue weighted by atomic mass is 9.84. The fourth-order valence-electron chi connectivity index (χ4n) is 2.98. The van der Waals surface area contributed by atoms with E-state index in [1.165, 1.54) is 32.1 Å². The normalized spacial score (nSPS) is 17.7. The molecule has 1 aliphatic rings. The lowest BCUT2D eigenvalue weighted by molar-refractivity contribution is 0.318. The number of rotatable bonds is 6.